The zero-order chi connectivity index (χ0) is 17.3. The summed E-state index contributed by atoms with van der Waals surface area (Å²) in [7, 11) is 1.62. The van der Waals surface area contributed by atoms with E-state index in [2.05, 4.69) is 15.5 Å². The Hall–Kier alpha value is -3.22. The van der Waals surface area contributed by atoms with Crippen LogP contribution in [0.4, 0.5) is 10.1 Å². The van der Waals surface area contributed by atoms with Gasteiger partial charge in [-0.3, -0.25) is 0 Å². The van der Waals surface area contributed by atoms with Gasteiger partial charge in [-0.15, -0.1) is 0 Å². The summed E-state index contributed by atoms with van der Waals surface area (Å²) < 4.78 is 19.7. The summed E-state index contributed by atoms with van der Waals surface area (Å²) in [5, 5.41) is 15.6. The lowest BCUT2D eigenvalue weighted by Crippen LogP contribution is -1.97. The largest absolute Gasteiger partial charge is 0.478 e. The van der Waals surface area contributed by atoms with Crippen LogP contribution in [0.1, 0.15) is 15.9 Å². The smallest absolute Gasteiger partial charge is 0.335 e. The van der Waals surface area contributed by atoms with Gasteiger partial charge in [-0.2, -0.15) is 4.98 Å². The van der Waals surface area contributed by atoms with Gasteiger partial charge in [0, 0.05) is 12.6 Å². The summed E-state index contributed by atoms with van der Waals surface area (Å²) in [6, 6.07) is 9.52. The molecular formula is C17H14FN3O3. The van der Waals surface area contributed by atoms with Crippen molar-refractivity contribution in [2.75, 3.05) is 12.4 Å². The van der Waals surface area contributed by atoms with Crippen molar-refractivity contribution in [3.05, 3.63) is 53.3 Å². The van der Waals surface area contributed by atoms with E-state index in [9.17, 15) is 9.18 Å². The lowest BCUT2D eigenvalue weighted by atomic mass is 10.1. The van der Waals surface area contributed by atoms with Crippen LogP contribution in [0.2, 0.25) is 0 Å². The predicted molar refractivity (Wildman–Crippen MR) is 86.4 cm³/mol. The minimum Gasteiger partial charge on any atom is -0.478 e. The molecule has 1 aromatic heterocycles. The molecule has 3 rings (SSSR count). The molecule has 0 spiro atoms. The highest BCUT2D eigenvalue weighted by Crippen LogP contribution is 2.31. The number of benzene rings is 2. The highest BCUT2D eigenvalue weighted by atomic mass is 19.1. The van der Waals surface area contributed by atoms with Gasteiger partial charge in [0.05, 0.1) is 16.8 Å². The molecule has 24 heavy (non-hydrogen) atoms. The minimum absolute atomic E-state index is 0.0397. The van der Waals surface area contributed by atoms with E-state index in [1.54, 1.807) is 38.2 Å². The number of nitrogens with one attached hydrogen (secondary N) is 1. The second kappa shape index (κ2) is 6.11. The number of anilines is 1. The van der Waals surface area contributed by atoms with Gasteiger partial charge < -0.3 is 14.9 Å². The van der Waals surface area contributed by atoms with E-state index < -0.39 is 11.8 Å². The number of halogens is 1. The summed E-state index contributed by atoms with van der Waals surface area (Å²) in [5.74, 6) is -1.30. The molecule has 0 atom stereocenters. The third-order valence-corrected chi connectivity index (χ3v) is 3.63. The summed E-state index contributed by atoms with van der Waals surface area (Å²) in [6.45, 7) is 1.74. The topological polar surface area (TPSA) is 88.2 Å². The Morgan fingerprint density at radius 3 is 2.79 bits per heavy atom. The zero-order valence-corrected chi connectivity index (χ0v) is 13.0. The van der Waals surface area contributed by atoms with Gasteiger partial charge in [0.15, 0.2) is 5.82 Å². The van der Waals surface area contributed by atoms with Crippen LogP contribution in [-0.4, -0.2) is 28.3 Å². The van der Waals surface area contributed by atoms with Crippen molar-refractivity contribution in [2.24, 2.45) is 0 Å². The van der Waals surface area contributed by atoms with Crippen LogP contribution in [0.15, 0.2) is 40.9 Å². The van der Waals surface area contributed by atoms with E-state index >= 15 is 0 Å². The number of aromatic carboxylic acids is 1. The highest BCUT2D eigenvalue weighted by molar-refractivity contribution is 5.89. The van der Waals surface area contributed by atoms with Crippen LogP contribution in [0.5, 0.6) is 0 Å². The average molecular weight is 327 g/mol. The lowest BCUT2D eigenvalue weighted by molar-refractivity contribution is 0.0697. The number of carboxylic acids is 1. The molecule has 0 aliphatic carbocycles. The third kappa shape index (κ3) is 2.71. The summed E-state index contributed by atoms with van der Waals surface area (Å²) in [4.78, 5) is 15.3. The predicted octanol–water partition coefficient (Wildman–Crippen LogP) is 3.59. The molecule has 0 bridgehead atoms. The first-order chi connectivity index (χ1) is 11.5. The van der Waals surface area contributed by atoms with E-state index in [-0.39, 0.29) is 22.8 Å². The Labute approximate surface area is 136 Å². The maximum atomic E-state index is 14.5. The first-order valence-corrected chi connectivity index (χ1v) is 7.16. The standard InChI is InChI=1S/C17H14FN3O3/c1-9-6-7-12(19-2)14(18)13(9)16-20-15(21-24-16)10-4-3-5-11(8-10)17(22)23/h3-8,19H,1-2H3,(H,22,23). The maximum absolute atomic E-state index is 14.5. The lowest BCUT2D eigenvalue weighted by Gasteiger charge is -2.07. The van der Waals surface area contributed by atoms with Crippen LogP contribution in [-0.2, 0) is 0 Å². The second-order valence-electron chi connectivity index (χ2n) is 5.18. The van der Waals surface area contributed by atoms with E-state index in [1.807, 2.05) is 0 Å². The van der Waals surface area contributed by atoms with Crippen molar-refractivity contribution in [3.8, 4) is 22.8 Å². The van der Waals surface area contributed by atoms with Crippen molar-refractivity contribution in [1.29, 1.82) is 0 Å². The quantitative estimate of drug-likeness (QED) is 0.761. The fourth-order valence-electron chi connectivity index (χ4n) is 2.36. The molecule has 0 saturated heterocycles. The number of hydrogen-bond donors (Lipinski definition) is 2. The van der Waals surface area contributed by atoms with Crippen LogP contribution >= 0.6 is 0 Å². The normalized spacial score (nSPS) is 10.6. The van der Waals surface area contributed by atoms with Gasteiger partial charge in [0.25, 0.3) is 5.89 Å². The minimum atomic E-state index is -1.05. The molecule has 0 amide bonds. The SMILES string of the molecule is CNc1ccc(C)c(-c2nc(-c3cccc(C(=O)O)c3)no2)c1F. The zero-order valence-electron chi connectivity index (χ0n) is 13.0. The molecule has 0 unspecified atom stereocenters. The molecule has 0 fully saturated rings. The number of hydrogen-bond acceptors (Lipinski definition) is 5. The number of aromatic nitrogens is 2. The summed E-state index contributed by atoms with van der Waals surface area (Å²) in [6.07, 6.45) is 0. The fourth-order valence-corrected chi connectivity index (χ4v) is 2.36. The fraction of sp³-hybridized carbons (Fsp3) is 0.118. The molecular weight excluding hydrogens is 313 g/mol. The van der Waals surface area contributed by atoms with E-state index in [0.29, 0.717) is 16.8 Å². The van der Waals surface area contributed by atoms with Gasteiger partial charge in [-0.1, -0.05) is 23.4 Å². The molecule has 0 saturated carbocycles. The number of carbonyl (C=O) groups is 1. The van der Waals surface area contributed by atoms with Gasteiger partial charge >= 0.3 is 5.97 Å². The molecule has 122 valence electrons. The average Bonchev–Trinajstić information content (AvgIpc) is 3.05. The monoisotopic (exact) mass is 327 g/mol. The van der Waals surface area contributed by atoms with Crippen LogP contribution < -0.4 is 5.32 Å². The second-order valence-corrected chi connectivity index (χ2v) is 5.18. The molecule has 3 aromatic rings. The summed E-state index contributed by atoms with van der Waals surface area (Å²) in [5.41, 5.74) is 1.78. The molecule has 0 aliphatic heterocycles. The van der Waals surface area contributed by atoms with Gasteiger partial charge in [-0.05, 0) is 30.7 Å². The van der Waals surface area contributed by atoms with Gasteiger partial charge in [0.2, 0.25) is 5.82 Å². The van der Waals surface area contributed by atoms with Crippen molar-refractivity contribution < 1.29 is 18.8 Å². The first-order valence-electron chi connectivity index (χ1n) is 7.16. The Morgan fingerprint density at radius 1 is 1.29 bits per heavy atom. The molecule has 2 aromatic carbocycles. The van der Waals surface area contributed by atoms with E-state index in [0.717, 1.165) is 0 Å². The van der Waals surface area contributed by atoms with Gasteiger partial charge in [0.1, 0.15) is 0 Å². The number of carboxylic acid groups (broad SMARTS) is 1. The maximum Gasteiger partial charge on any atom is 0.335 e. The summed E-state index contributed by atoms with van der Waals surface area (Å²) >= 11 is 0. The number of aryl methyl sites for hydroxylation is 1. The molecule has 2 N–H and O–H groups in total. The molecule has 7 heteroatoms. The Kier molecular flexibility index (Phi) is 3.99. The van der Waals surface area contributed by atoms with Crippen LogP contribution in [0.25, 0.3) is 22.8 Å². The van der Waals surface area contributed by atoms with Crippen molar-refractivity contribution in [2.45, 2.75) is 6.92 Å². The number of rotatable bonds is 4. The van der Waals surface area contributed by atoms with E-state index in [1.165, 1.54) is 12.1 Å². The third-order valence-electron chi connectivity index (χ3n) is 3.63. The highest BCUT2D eigenvalue weighted by Gasteiger charge is 2.19. The molecule has 6 nitrogen and oxygen atoms in total. The van der Waals surface area contributed by atoms with Crippen LogP contribution in [0, 0.1) is 12.7 Å². The van der Waals surface area contributed by atoms with Crippen LogP contribution in [0.3, 0.4) is 0 Å². The van der Waals surface area contributed by atoms with Crippen molar-refractivity contribution in [1.82, 2.24) is 10.1 Å². The van der Waals surface area contributed by atoms with E-state index in [4.69, 9.17) is 9.63 Å². The van der Waals surface area contributed by atoms with Crippen molar-refractivity contribution >= 4 is 11.7 Å². The molecule has 0 aliphatic rings. The number of nitrogens with zero attached hydrogens (tertiary/aromatic N) is 2. The van der Waals surface area contributed by atoms with Crippen molar-refractivity contribution in [3.63, 3.8) is 0 Å². The molecule has 1 heterocycles. The first kappa shape index (κ1) is 15.7. The Bertz CT molecular complexity index is 921. The molecule has 0 radical (unpaired) electrons. The Morgan fingerprint density at radius 2 is 2.08 bits per heavy atom. The Balaban J connectivity index is 2.06. The van der Waals surface area contributed by atoms with Gasteiger partial charge in [-0.25, -0.2) is 9.18 Å².